The summed E-state index contributed by atoms with van der Waals surface area (Å²) in [4.78, 5) is 25.1. The Balaban J connectivity index is 4.24. The summed E-state index contributed by atoms with van der Waals surface area (Å²) in [5.41, 5.74) is 0. The van der Waals surface area contributed by atoms with Crippen LogP contribution in [0.2, 0.25) is 0 Å². The molecule has 0 aromatic carbocycles. The summed E-state index contributed by atoms with van der Waals surface area (Å²) in [6.07, 6.45) is 50.8. The second kappa shape index (κ2) is 41.0. The van der Waals surface area contributed by atoms with Crippen LogP contribution in [0.1, 0.15) is 181 Å². The summed E-state index contributed by atoms with van der Waals surface area (Å²) in [5, 5.41) is 0. The van der Waals surface area contributed by atoms with Gasteiger partial charge in [0.1, 0.15) is 19.3 Å². The largest absolute Gasteiger partial charge is 0.756 e. The lowest BCUT2D eigenvalue weighted by Crippen LogP contribution is -2.37. The molecule has 0 fully saturated rings. The normalized spacial score (nSPS) is 14.3. The summed E-state index contributed by atoms with van der Waals surface area (Å²) in [5.74, 6) is -0.348. The lowest BCUT2D eigenvalue weighted by molar-refractivity contribution is -0.870. The SMILES string of the molecule is CC/C=C\C/C=C\C/C=C\CCCCCCCCCC(=O)OC(COCCCCCCCCCC/C=C\C/C=C\CCCCC)COP(=O)([O-])OCC[N+](C)(C)C. The zero-order chi connectivity index (χ0) is 42.0. The maximum Gasteiger partial charge on any atom is 0.306 e. The molecule has 9 heteroatoms. The van der Waals surface area contributed by atoms with Crippen molar-refractivity contribution in [3.05, 3.63) is 60.8 Å². The van der Waals surface area contributed by atoms with Gasteiger partial charge in [0.2, 0.25) is 0 Å². The van der Waals surface area contributed by atoms with Crippen molar-refractivity contribution in [2.45, 2.75) is 187 Å². The van der Waals surface area contributed by atoms with Crippen LogP contribution < -0.4 is 4.89 Å². The van der Waals surface area contributed by atoms with E-state index in [4.69, 9.17) is 18.5 Å². The topological polar surface area (TPSA) is 94.1 Å². The molecular formula is C48H88NO7P. The third-order valence-corrected chi connectivity index (χ3v) is 10.5. The molecule has 2 atom stereocenters. The number of allylic oxidation sites excluding steroid dienone is 10. The first-order valence-corrected chi connectivity index (χ1v) is 24.5. The van der Waals surface area contributed by atoms with Gasteiger partial charge in [0.25, 0.3) is 7.82 Å². The van der Waals surface area contributed by atoms with Crippen LogP contribution in [0.3, 0.4) is 0 Å². The fraction of sp³-hybridized carbons (Fsp3) is 0.771. The Morgan fingerprint density at radius 1 is 0.561 bits per heavy atom. The molecule has 0 heterocycles. The number of nitrogens with zero attached hydrogens (tertiary/aromatic N) is 1. The van der Waals surface area contributed by atoms with E-state index in [9.17, 15) is 14.3 Å². The molecule has 0 rings (SSSR count). The standard InChI is InChI=1S/C48H88NO7P/c1-6-8-10-12-14-16-18-20-22-24-26-28-30-32-34-36-38-40-43-53-45-47(46-55-57(51,52)54-44-42-49(3,4)5)56-48(50)41-39-37-35-33-31-29-27-25-23-21-19-17-15-13-11-9-7-2/h9,11,14-17,20-23,47H,6-8,10,12-13,18-19,24-46H2,1-5H3/b11-9-,16-14-,17-15-,22-20-,23-21-. The number of quaternary nitrogens is 1. The van der Waals surface area contributed by atoms with Crippen LogP contribution in [0.15, 0.2) is 60.8 Å². The summed E-state index contributed by atoms with van der Waals surface area (Å²) >= 11 is 0. The zero-order valence-corrected chi connectivity index (χ0v) is 38.4. The molecule has 0 saturated heterocycles. The van der Waals surface area contributed by atoms with Crippen molar-refractivity contribution in [2.75, 3.05) is 54.1 Å². The van der Waals surface area contributed by atoms with Crippen molar-refractivity contribution in [2.24, 2.45) is 0 Å². The van der Waals surface area contributed by atoms with E-state index in [-0.39, 0.29) is 25.8 Å². The van der Waals surface area contributed by atoms with E-state index in [0.717, 1.165) is 64.2 Å². The van der Waals surface area contributed by atoms with E-state index in [1.807, 2.05) is 21.1 Å². The van der Waals surface area contributed by atoms with Gasteiger partial charge in [0.05, 0.1) is 34.4 Å². The Morgan fingerprint density at radius 2 is 1.02 bits per heavy atom. The lowest BCUT2D eigenvalue weighted by Gasteiger charge is -2.28. The third kappa shape index (κ3) is 45.1. The molecule has 8 nitrogen and oxygen atoms in total. The average Bonchev–Trinajstić information content (AvgIpc) is 3.16. The molecule has 0 spiro atoms. The highest BCUT2D eigenvalue weighted by Gasteiger charge is 2.20. The maximum atomic E-state index is 12.7. The number of phosphoric acid groups is 1. The van der Waals surface area contributed by atoms with Crippen molar-refractivity contribution in [3.63, 3.8) is 0 Å². The summed E-state index contributed by atoms with van der Waals surface area (Å²) in [6.45, 7) is 5.25. The molecule has 0 aromatic rings. The highest BCUT2D eigenvalue weighted by Crippen LogP contribution is 2.38. The number of unbranched alkanes of at least 4 members (excludes halogenated alkanes) is 18. The number of carbonyl (C=O) groups excluding carboxylic acids is 1. The Labute approximate surface area is 351 Å². The van der Waals surface area contributed by atoms with Crippen molar-refractivity contribution < 1.29 is 37.3 Å². The van der Waals surface area contributed by atoms with Gasteiger partial charge in [-0.15, -0.1) is 0 Å². The van der Waals surface area contributed by atoms with Crippen LogP contribution >= 0.6 is 7.82 Å². The molecule has 0 aromatic heterocycles. The minimum absolute atomic E-state index is 0.0203. The van der Waals surface area contributed by atoms with E-state index in [0.29, 0.717) is 24.1 Å². The highest BCUT2D eigenvalue weighted by atomic mass is 31.2. The molecular weight excluding hydrogens is 734 g/mol. The minimum atomic E-state index is -4.53. The van der Waals surface area contributed by atoms with Crippen LogP contribution in [-0.4, -0.2) is 70.7 Å². The van der Waals surface area contributed by atoms with Gasteiger partial charge in [0, 0.05) is 13.0 Å². The quantitative estimate of drug-likeness (QED) is 0.0199. The van der Waals surface area contributed by atoms with Crippen LogP contribution in [0, 0.1) is 0 Å². The minimum Gasteiger partial charge on any atom is -0.756 e. The summed E-state index contributed by atoms with van der Waals surface area (Å²) in [7, 11) is 1.34. The van der Waals surface area contributed by atoms with E-state index in [1.165, 1.54) is 96.3 Å². The number of phosphoric ester groups is 1. The van der Waals surface area contributed by atoms with Gasteiger partial charge in [-0.25, -0.2) is 0 Å². The van der Waals surface area contributed by atoms with Crippen molar-refractivity contribution in [3.8, 4) is 0 Å². The molecule has 57 heavy (non-hydrogen) atoms. The van der Waals surface area contributed by atoms with E-state index < -0.39 is 13.9 Å². The molecule has 0 aliphatic heterocycles. The molecule has 0 N–H and O–H groups in total. The van der Waals surface area contributed by atoms with Crippen LogP contribution in [0.5, 0.6) is 0 Å². The second-order valence-electron chi connectivity index (χ2n) is 16.4. The fourth-order valence-electron chi connectivity index (χ4n) is 6.00. The van der Waals surface area contributed by atoms with Gasteiger partial charge in [-0.3, -0.25) is 9.36 Å². The highest BCUT2D eigenvalue weighted by molar-refractivity contribution is 7.45. The monoisotopic (exact) mass is 822 g/mol. The molecule has 0 aliphatic rings. The van der Waals surface area contributed by atoms with E-state index in [1.54, 1.807) is 0 Å². The Morgan fingerprint density at radius 3 is 1.53 bits per heavy atom. The number of hydrogen-bond donors (Lipinski definition) is 0. The first-order valence-electron chi connectivity index (χ1n) is 23.0. The van der Waals surface area contributed by atoms with E-state index >= 15 is 0 Å². The molecule has 0 bridgehead atoms. The number of carbonyl (C=O) groups is 1. The maximum absolute atomic E-state index is 12.7. The Kier molecular flexibility index (Phi) is 39.7. The third-order valence-electron chi connectivity index (χ3n) is 9.55. The zero-order valence-electron chi connectivity index (χ0n) is 37.5. The summed E-state index contributed by atoms with van der Waals surface area (Å²) < 4.78 is 34.6. The van der Waals surface area contributed by atoms with Gasteiger partial charge >= 0.3 is 5.97 Å². The molecule has 332 valence electrons. The smallest absolute Gasteiger partial charge is 0.306 e. The lowest BCUT2D eigenvalue weighted by atomic mass is 10.1. The summed E-state index contributed by atoms with van der Waals surface area (Å²) in [6, 6.07) is 0. The van der Waals surface area contributed by atoms with Crippen molar-refractivity contribution in [1.29, 1.82) is 0 Å². The number of likely N-dealkylation sites (N-methyl/N-ethyl adjacent to an activating group) is 1. The van der Waals surface area contributed by atoms with Gasteiger partial charge in [-0.1, -0.05) is 158 Å². The van der Waals surface area contributed by atoms with Crippen LogP contribution in [0.4, 0.5) is 0 Å². The first-order chi connectivity index (χ1) is 27.6. The number of hydrogen-bond acceptors (Lipinski definition) is 7. The molecule has 0 saturated carbocycles. The van der Waals surface area contributed by atoms with Crippen molar-refractivity contribution in [1.82, 2.24) is 0 Å². The number of rotatable bonds is 42. The predicted molar refractivity (Wildman–Crippen MR) is 240 cm³/mol. The first kappa shape index (κ1) is 55.2. The second-order valence-corrected chi connectivity index (χ2v) is 17.8. The van der Waals surface area contributed by atoms with Crippen LogP contribution in [-0.2, 0) is 27.9 Å². The Bertz CT molecular complexity index is 1090. The van der Waals surface area contributed by atoms with Gasteiger partial charge in [-0.05, 0) is 77.0 Å². The fourth-order valence-corrected chi connectivity index (χ4v) is 6.73. The number of esters is 1. The number of ether oxygens (including phenoxy) is 2. The van der Waals surface area contributed by atoms with Gasteiger partial charge < -0.3 is 27.9 Å². The molecule has 2 unspecified atom stereocenters. The Hall–Kier alpha value is -1.80. The molecule has 0 aliphatic carbocycles. The van der Waals surface area contributed by atoms with Gasteiger partial charge in [-0.2, -0.15) is 0 Å². The predicted octanol–water partition coefficient (Wildman–Crippen LogP) is 13.1. The van der Waals surface area contributed by atoms with Crippen molar-refractivity contribution >= 4 is 13.8 Å². The molecule has 0 amide bonds. The van der Waals surface area contributed by atoms with E-state index in [2.05, 4.69) is 74.6 Å². The average molecular weight is 822 g/mol. The van der Waals surface area contributed by atoms with Gasteiger partial charge in [0.15, 0.2) is 0 Å². The molecule has 0 radical (unpaired) electrons. The van der Waals surface area contributed by atoms with Crippen LogP contribution in [0.25, 0.3) is 0 Å².